The van der Waals surface area contributed by atoms with Gasteiger partial charge in [-0.15, -0.1) is 0 Å². The highest BCUT2D eigenvalue weighted by atomic mass is 16.7. The van der Waals surface area contributed by atoms with Crippen molar-refractivity contribution in [1.29, 1.82) is 0 Å². The molecule has 0 aromatic heterocycles. The largest absolute Gasteiger partial charge is 0.454 e. The lowest BCUT2D eigenvalue weighted by Gasteiger charge is -2.18. The number of esters is 1. The molecule has 6 nitrogen and oxygen atoms in total. The summed E-state index contributed by atoms with van der Waals surface area (Å²) in [5.74, 6) is 0.476. The van der Waals surface area contributed by atoms with Gasteiger partial charge in [0.05, 0.1) is 0 Å². The number of fused-ring (bicyclic) bond motifs is 1. The van der Waals surface area contributed by atoms with Gasteiger partial charge in [0.2, 0.25) is 6.79 Å². The Kier molecular flexibility index (Phi) is 5.76. The highest BCUT2D eigenvalue weighted by Gasteiger charge is 2.14. The number of hydrogen-bond acceptors (Lipinski definition) is 5. The molecule has 0 bridgehead atoms. The Morgan fingerprint density at radius 3 is 2.74 bits per heavy atom. The lowest BCUT2D eigenvalue weighted by molar-refractivity contribution is -0.147. The van der Waals surface area contributed by atoms with E-state index in [9.17, 15) is 9.59 Å². The molecular formula is C21H21NO5. The van der Waals surface area contributed by atoms with Crippen LogP contribution in [0, 0.1) is 6.92 Å². The summed E-state index contributed by atoms with van der Waals surface area (Å²) >= 11 is 0. The zero-order chi connectivity index (χ0) is 19.2. The molecule has 0 fully saturated rings. The fraction of sp³-hybridized carbons (Fsp3) is 0.238. The van der Waals surface area contributed by atoms with Gasteiger partial charge in [0.1, 0.15) is 0 Å². The first kappa shape index (κ1) is 18.5. The van der Waals surface area contributed by atoms with Gasteiger partial charge in [-0.2, -0.15) is 0 Å². The second-order valence-corrected chi connectivity index (χ2v) is 6.23. The molecular weight excluding hydrogens is 346 g/mol. The van der Waals surface area contributed by atoms with Crippen LogP contribution in [0.2, 0.25) is 0 Å². The number of carbonyl (C=O) groups is 2. The minimum atomic E-state index is -0.578. The SMILES string of the molecule is Cc1ccccc1CN(C)C(=O)COC(=O)/C=C/c1ccc2c(c1)OCO2. The van der Waals surface area contributed by atoms with Crippen LogP contribution in [0.25, 0.3) is 6.08 Å². The molecule has 1 aliphatic heterocycles. The number of amides is 1. The fourth-order valence-electron chi connectivity index (χ4n) is 2.60. The van der Waals surface area contributed by atoms with E-state index in [1.54, 1.807) is 31.3 Å². The summed E-state index contributed by atoms with van der Waals surface area (Å²) in [4.78, 5) is 25.6. The van der Waals surface area contributed by atoms with E-state index in [-0.39, 0.29) is 19.3 Å². The maximum atomic E-state index is 12.2. The van der Waals surface area contributed by atoms with Crippen molar-refractivity contribution in [3.63, 3.8) is 0 Å². The molecule has 0 atom stereocenters. The molecule has 6 heteroatoms. The van der Waals surface area contributed by atoms with Crippen molar-refractivity contribution in [2.75, 3.05) is 20.4 Å². The van der Waals surface area contributed by atoms with Crippen LogP contribution in [0.4, 0.5) is 0 Å². The van der Waals surface area contributed by atoms with E-state index in [4.69, 9.17) is 14.2 Å². The Balaban J connectivity index is 1.48. The number of ether oxygens (including phenoxy) is 3. The smallest absolute Gasteiger partial charge is 0.331 e. The zero-order valence-electron chi connectivity index (χ0n) is 15.3. The average Bonchev–Trinajstić information content (AvgIpc) is 3.14. The number of aryl methyl sites for hydroxylation is 1. The average molecular weight is 367 g/mol. The number of nitrogens with zero attached hydrogens (tertiary/aromatic N) is 1. The van der Waals surface area contributed by atoms with Gasteiger partial charge in [-0.05, 0) is 41.8 Å². The standard InChI is InChI=1S/C21H21NO5/c1-15-5-3-4-6-17(15)12-22(2)20(23)13-25-21(24)10-8-16-7-9-18-19(11-16)27-14-26-18/h3-11H,12-14H2,1-2H3/b10-8+. The minimum absolute atomic E-state index is 0.197. The molecule has 0 saturated heterocycles. The maximum Gasteiger partial charge on any atom is 0.331 e. The predicted octanol–water partition coefficient (Wildman–Crippen LogP) is 2.94. The third kappa shape index (κ3) is 4.88. The Labute approximate surface area is 158 Å². The molecule has 0 spiro atoms. The number of benzene rings is 2. The van der Waals surface area contributed by atoms with E-state index in [0.717, 1.165) is 16.7 Å². The van der Waals surface area contributed by atoms with Gasteiger partial charge in [0.15, 0.2) is 18.1 Å². The monoisotopic (exact) mass is 367 g/mol. The first-order chi connectivity index (χ1) is 13.0. The Hall–Kier alpha value is -3.28. The number of carbonyl (C=O) groups excluding carboxylic acids is 2. The topological polar surface area (TPSA) is 65.1 Å². The first-order valence-corrected chi connectivity index (χ1v) is 8.56. The third-order valence-electron chi connectivity index (χ3n) is 4.24. The summed E-state index contributed by atoms with van der Waals surface area (Å²) < 4.78 is 15.6. The summed E-state index contributed by atoms with van der Waals surface area (Å²) in [6.45, 7) is 2.36. The van der Waals surface area contributed by atoms with Crippen molar-refractivity contribution in [3.05, 3.63) is 65.2 Å². The molecule has 0 unspecified atom stereocenters. The molecule has 1 amide bonds. The summed E-state index contributed by atoms with van der Waals surface area (Å²) in [6.07, 6.45) is 2.89. The molecule has 0 saturated carbocycles. The van der Waals surface area contributed by atoms with Crippen LogP contribution in [0.3, 0.4) is 0 Å². The van der Waals surface area contributed by atoms with Gasteiger partial charge in [-0.25, -0.2) is 4.79 Å². The lowest BCUT2D eigenvalue weighted by atomic mass is 10.1. The van der Waals surface area contributed by atoms with Gasteiger partial charge in [0, 0.05) is 19.7 Å². The maximum absolute atomic E-state index is 12.2. The van der Waals surface area contributed by atoms with Crippen molar-refractivity contribution in [1.82, 2.24) is 4.90 Å². The molecule has 140 valence electrons. The highest BCUT2D eigenvalue weighted by Crippen LogP contribution is 2.32. The number of likely N-dealkylation sites (N-methyl/N-ethyl adjacent to an activating group) is 1. The van der Waals surface area contributed by atoms with E-state index in [2.05, 4.69) is 0 Å². The molecule has 2 aromatic carbocycles. The molecule has 1 heterocycles. The number of hydrogen-bond donors (Lipinski definition) is 0. The van der Waals surface area contributed by atoms with E-state index >= 15 is 0 Å². The third-order valence-corrected chi connectivity index (χ3v) is 4.24. The van der Waals surface area contributed by atoms with Crippen molar-refractivity contribution in [2.24, 2.45) is 0 Å². The summed E-state index contributed by atoms with van der Waals surface area (Å²) in [6, 6.07) is 13.2. The molecule has 0 N–H and O–H groups in total. The van der Waals surface area contributed by atoms with Gasteiger partial charge >= 0.3 is 5.97 Å². The first-order valence-electron chi connectivity index (χ1n) is 8.56. The molecule has 0 aliphatic carbocycles. The quantitative estimate of drug-likeness (QED) is 0.580. The van der Waals surface area contributed by atoms with Crippen molar-refractivity contribution < 1.29 is 23.8 Å². The van der Waals surface area contributed by atoms with Crippen LogP contribution >= 0.6 is 0 Å². The normalized spacial score (nSPS) is 12.2. The molecule has 0 radical (unpaired) electrons. The molecule has 27 heavy (non-hydrogen) atoms. The lowest BCUT2D eigenvalue weighted by Crippen LogP contribution is -2.30. The van der Waals surface area contributed by atoms with Crippen LogP contribution in [-0.2, 0) is 20.9 Å². The fourth-order valence-corrected chi connectivity index (χ4v) is 2.60. The Bertz CT molecular complexity index is 875. The Morgan fingerprint density at radius 1 is 1.15 bits per heavy atom. The minimum Gasteiger partial charge on any atom is -0.454 e. The number of rotatable bonds is 6. The molecule has 3 rings (SSSR count). The van der Waals surface area contributed by atoms with Crippen LogP contribution in [0.1, 0.15) is 16.7 Å². The van der Waals surface area contributed by atoms with Gasteiger partial charge in [-0.1, -0.05) is 30.3 Å². The predicted molar refractivity (Wildman–Crippen MR) is 100 cm³/mol. The molecule has 2 aromatic rings. The second kappa shape index (κ2) is 8.40. The van der Waals surface area contributed by atoms with Crippen molar-refractivity contribution in [3.8, 4) is 11.5 Å². The van der Waals surface area contributed by atoms with Crippen LogP contribution < -0.4 is 9.47 Å². The summed E-state index contributed by atoms with van der Waals surface area (Å²) in [5, 5.41) is 0. The van der Waals surface area contributed by atoms with Gasteiger partial charge in [0.25, 0.3) is 5.91 Å². The summed E-state index contributed by atoms with van der Waals surface area (Å²) in [5.41, 5.74) is 2.95. The van der Waals surface area contributed by atoms with Crippen LogP contribution in [-0.4, -0.2) is 37.2 Å². The van der Waals surface area contributed by atoms with E-state index in [0.29, 0.717) is 18.0 Å². The van der Waals surface area contributed by atoms with E-state index < -0.39 is 5.97 Å². The van der Waals surface area contributed by atoms with Gasteiger partial charge < -0.3 is 19.1 Å². The van der Waals surface area contributed by atoms with Crippen molar-refractivity contribution >= 4 is 18.0 Å². The van der Waals surface area contributed by atoms with Crippen LogP contribution in [0.15, 0.2) is 48.5 Å². The van der Waals surface area contributed by atoms with Gasteiger partial charge in [-0.3, -0.25) is 4.79 Å². The van der Waals surface area contributed by atoms with E-state index in [1.165, 1.54) is 11.0 Å². The summed E-state index contributed by atoms with van der Waals surface area (Å²) in [7, 11) is 1.69. The van der Waals surface area contributed by atoms with Crippen LogP contribution in [0.5, 0.6) is 11.5 Å². The van der Waals surface area contributed by atoms with E-state index in [1.807, 2.05) is 31.2 Å². The second-order valence-electron chi connectivity index (χ2n) is 6.23. The Morgan fingerprint density at radius 2 is 1.93 bits per heavy atom. The highest BCUT2D eigenvalue weighted by molar-refractivity contribution is 5.89. The zero-order valence-corrected chi connectivity index (χ0v) is 15.3. The van der Waals surface area contributed by atoms with Crippen molar-refractivity contribution in [2.45, 2.75) is 13.5 Å². The molecule has 1 aliphatic rings.